The molecule has 1 aliphatic carbocycles. The van der Waals surface area contributed by atoms with E-state index in [0.29, 0.717) is 12.0 Å². The first-order chi connectivity index (χ1) is 7.83. The minimum atomic E-state index is 0.531. The molecule has 2 atom stereocenters. The highest BCUT2D eigenvalue weighted by atomic mass is 16.5. The van der Waals surface area contributed by atoms with Gasteiger partial charge in [-0.25, -0.2) is 0 Å². The van der Waals surface area contributed by atoms with E-state index in [2.05, 4.69) is 11.9 Å². The zero-order valence-corrected chi connectivity index (χ0v) is 10.5. The molecule has 2 aliphatic rings. The van der Waals surface area contributed by atoms with Crippen LogP contribution in [-0.2, 0) is 4.74 Å². The van der Waals surface area contributed by atoms with E-state index in [-0.39, 0.29) is 0 Å². The Bertz CT molecular complexity index is 198. The van der Waals surface area contributed by atoms with Crippen LogP contribution >= 0.6 is 0 Å². The maximum absolute atomic E-state index is 5.97. The summed E-state index contributed by atoms with van der Waals surface area (Å²) in [6.07, 6.45) is 8.01. The molecule has 0 aromatic rings. The predicted molar refractivity (Wildman–Crippen MR) is 66.4 cm³/mol. The zero-order chi connectivity index (χ0) is 11.4. The van der Waals surface area contributed by atoms with Gasteiger partial charge in [0.25, 0.3) is 0 Å². The minimum Gasteiger partial charge on any atom is -0.381 e. The maximum atomic E-state index is 5.97. The van der Waals surface area contributed by atoms with Crippen molar-refractivity contribution in [3.05, 3.63) is 0 Å². The lowest BCUT2D eigenvalue weighted by Gasteiger charge is -2.39. The van der Waals surface area contributed by atoms with E-state index in [1.165, 1.54) is 38.5 Å². The van der Waals surface area contributed by atoms with Crippen molar-refractivity contribution in [1.82, 2.24) is 4.90 Å². The van der Waals surface area contributed by atoms with Gasteiger partial charge < -0.3 is 10.5 Å². The summed E-state index contributed by atoms with van der Waals surface area (Å²) in [5.74, 6) is 0.657. The highest BCUT2D eigenvalue weighted by Gasteiger charge is 2.31. The average molecular weight is 226 g/mol. The minimum absolute atomic E-state index is 0.531. The molecule has 2 unspecified atom stereocenters. The molecule has 0 aromatic heterocycles. The van der Waals surface area contributed by atoms with Crippen LogP contribution in [0.4, 0.5) is 0 Å². The third kappa shape index (κ3) is 2.76. The van der Waals surface area contributed by atoms with Crippen molar-refractivity contribution in [2.24, 2.45) is 11.7 Å². The largest absolute Gasteiger partial charge is 0.381 e. The quantitative estimate of drug-likeness (QED) is 0.791. The van der Waals surface area contributed by atoms with E-state index in [0.717, 1.165) is 25.8 Å². The molecule has 16 heavy (non-hydrogen) atoms. The van der Waals surface area contributed by atoms with Crippen molar-refractivity contribution < 1.29 is 4.74 Å². The number of hydrogen-bond acceptors (Lipinski definition) is 3. The van der Waals surface area contributed by atoms with Gasteiger partial charge in [0, 0.05) is 25.2 Å². The molecule has 1 heterocycles. The van der Waals surface area contributed by atoms with Crippen LogP contribution < -0.4 is 5.73 Å². The SMILES string of the molecule is CN(C1CCCC1)C(CN)C1CCCOC1. The lowest BCUT2D eigenvalue weighted by Crippen LogP contribution is -2.49. The van der Waals surface area contributed by atoms with Crippen molar-refractivity contribution >= 4 is 0 Å². The van der Waals surface area contributed by atoms with Crippen molar-refractivity contribution in [2.75, 3.05) is 26.8 Å². The van der Waals surface area contributed by atoms with Gasteiger partial charge in [-0.15, -0.1) is 0 Å². The van der Waals surface area contributed by atoms with Crippen LogP contribution in [0.1, 0.15) is 38.5 Å². The number of nitrogens with zero attached hydrogens (tertiary/aromatic N) is 1. The van der Waals surface area contributed by atoms with Crippen LogP contribution in [0, 0.1) is 5.92 Å². The Balaban J connectivity index is 1.91. The van der Waals surface area contributed by atoms with Gasteiger partial charge >= 0.3 is 0 Å². The number of nitrogens with two attached hydrogens (primary N) is 1. The third-order valence-electron chi connectivity index (χ3n) is 4.40. The monoisotopic (exact) mass is 226 g/mol. The number of ether oxygens (including phenoxy) is 1. The summed E-state index contributed by atoms with van der Waals surface area (Å²) in [6, 6.07) is 1.30. The van der Waals surface area contributed by atoms with E-state index in [9.17, 15) is 0 Å². The van der Waals surface area contributed by atoms with Crippen molar-refractivity contribution in [2.45, 2.75) is 50.6 Å². The fourth-order valence-electron chi connectivity index (χ4n) is 3.34. The molecular weight excluding hydrogens is 200 g/mol. The second-order valence-corrected chi connectivity index (χ2v) is 5.38. The summed E-state index contributed by atoms with van der Waals surface area (Å²) in [5, 5.41) is 0. The Kier molecular flexibility index (Phi) is 4.62. The molecule has 2 N–H and O–H groups in total. The van der Waals surface area contributed by atoms with Crippen molar-refractivity contribution in [1.29, 1.82) is 0 Å². The van der Waals surface area contributed by atoms with E-state index >= 15 is 0 Å². The summed E-state index contributed by atoms with van der Waals surface area (Å²) in [7, 11) is 2.27. The highest BCUT2D eigenvalue weighted by molar-refractivity contribution is 4.86. The second kappa shape index (κ2) is 5.99. The molecule has 2 fully saturated rings. The normalized spacial score (nSPS) is 29.8. The van der Waals surface area contributed by atoms with Crippen molar-refractivity contribution in [3.63, 3.8) is 0 Å². The molecule has 3 heteroatoms. The van der Waals surface area contributed by atoms with Gasteiger partial charge in [0.1, 0.15) is 0 Å². The first kappa shape index (κ1) is 12.3. The van der Waals surface area contributed by atoms with Crippen LogP contribution in [0.15, 0.2) is 0 Å². The number of hydrogen-bond donors (Lipinski definition) is 1. The molecule has 2 rings (SSSR count). The Labute approximate surface area is 99.3 Å². The number of rotatable bonds is 4. The fourth-order valence-corrected chi connectivity index (χ4v) is 3.34. The maximum Gasteiger partial charge on any atom is 0.0509 e. The van der Waals surface area contributed by atoms with Gasteiger partial charge in [-0.1, -0.05) is 12.8 Å². The standard InChI is InChI=1S/C13H26N2O/c1-15(12-6-2-3-7-12)13(9-14)11-5-4-8-16-10-11/h11-13H,2-10,14H2,1H3. The fraction of sp³-hybridized carbons (Fsp3) is 1.00. The molecule has 0 amide bonds. The molecule has 0 radical (unpaired) electrons. The molecule has 1 aliphatic heterocycles. The van der Waals surface area contributed by atoms with E-state index in [4.69, 9.17) is 10.5 Å². The topological polar surface area (TPSA) is 38.5 Å². The molecule has 0 aromatic carbocycles. The summed E-state index contributed by atoms with van der Waals surface area (Å²) in [4.78, 5) is 2.55. The van der Waals surface area contributed by atoms with Gasteiger partial charge in [0.15, 0.2) is 0 Å². The molecular formula is C13H26N2O. The van der Waals surface area contributed by atoms with Crippen LogP contribution in [0.3, 0.4) is 0 Å². The van der Waals surface area contributed by atoms with E-state index in [1.807, 2.05) is 0 Å². The first-order valence-corrected chi connectivity index (χ1v) is 6.82. The van der Waals surface area contributed by atoms with Crippen LogP contribution in [0.25, 0.3) is 0 Å². The third-order valence-corrected chi connectivity index (χ3v) is 4.40. The lowest BCUT2D eigenvalue weighted by molar-refractivity contribution is 0.00795. The zero-order valence-electron chi connectivity index (χ0n) is 10.5. The Morgan fingerprint density at radius 2 is 2.00 bits per heavy atom. The second-order valence-electron chi connectivity index (χ2n) is 5.38. The Morgan fingerprint density at radius 1 is 1.25 bits per heavy atom. The Morgan fingerprint density at radius 3 is 2.56 bits per heavy atom. The molecule has 0 spiro atoms. The van der Waals surface area contributed by atoms with Crippen LogP contribution in [-0.4, -0.2) is 43.8 Å². The summed E-state index contributed by atoms with van der Waals surface area (Å²) in [5.41, 5.74) is 5.97. The molecule has 3 nitrogen and oxygen atoms in total. The van der Waals surface area contributed by atoms with Crippen LogP contribution in [0.5, 0.6) is 0 Å². The van der Waals surface area contributed by atoms with E-state index in [1.54, 1.807) is 0 Å². The smallest absolute Gasteiger partial charge is 0.0509 e. The molecule has 1 saturated carbocycles. The van der Waals surface area contributed by atoms with Gasteiger partial charge in [0.05, 0.1) is 6.61 Å². The van der Waals surface area contributed by atoms with Crippen molar-refractivity contribution in [3.8, 4) is 0 Å². The first-order valence-electron chi connectivity index (χ1n) is 6.82. The van der Waals surface area contributed by atoms with Crippen LogP contribution in [0.2, 0.25) is 0 Å². The summed E-state index contributed by atoms with van der Waals surface area (Å²) >= 11 is 0. The van der Waals surface area contributed by atoms with Gasteiger partial charge in [-0.3, -0.25) is 4.90 Å². The molecule has 94 valence electrons. The average Bonchev–Trinajstić information content (AvgIpc) is 2.85. The van der Waals surface area contributed by atoms with E-state index < -0.39 is 0 Å². The van der Waals surface area contributed by atoms with Gasteiger partial charge in [-0.2, -0.15) is 0 Å². The molecule has 0 bridgehead atoms. The van der Waals surface area contributed by atoms with Gasteiger partial charge in [-0.05, 0) is 38.6 Å². The molecule has 1 saturated heterocycles. The summed E-state index contributed by atoms with van der Waals surface area (Å²) in [6.45, 7) is 2.64. The van der Waals surface area contributed by atoms with Gasteiger partial charge in [0.2, 0.25) is 0 Å². The summed E-state index contributed by atoms with van der Waals surface area (Å²) < 4.78 is 5.60. The predicted octanol–water partition coefficient (Wildman–Crippen LogP) is 1.61. The number of likely N-dealkylation sites (N-methyl/N-ethyl adjacent to an activating group) is 1. The lowest BCUT2D eigenvalue weighted by atomic mass is 9.91. The highest BCUT2D eigenvalue weighted by Crippen LogP contribution is 2.28. The Hall–Kier alpha value is -0.120.